The number of methoxy groups -OCH3 is 1. The quantitative estimate of drug-likeness (QED) is 0.575. The van der Waals surface area contributed by atoms with E-state index in [9.17, 15) is 0 Å². The summed E-state index contributed by atoms with van der Waals surface area (Å²) in [5.41, 5.74) is 17.6. The molecule has 4 N–H and O–H groups in total. The predicted octanol–water partition coefficient (Wildman–Crippen LogP) is 3.50. The Balaban J connectivity index is 1.89. The van der Waals surface area contributed by atoms with Gasteiger partial charge in [-0.15, -0.1) is 0 Å². The van der Waals surface area contributed by atoms with Crippen LogP contribution in [0.25, 0.3) is 16.8 Å². The molecule has 0 aliphatic carbocycles. The topological polar surface area (TPSA) is 109 Å². The lowest BCUT2D eigenvalue weighted by Gasteiger charge is -2.27. The molecule has 1 aliphatic heterocycles. The van der Waals surface area contributed by atoms with Crippen LogP contribution in [0, 0.1) is 5.53 Å². The maximum absolute atomic E-state index is 7.53. The largest absolute Gasteiger partial charge is 0.496 e. The van der Waals surface area contributed by atoms with E-state index in [2.05, 4.69) is 32.4 Å². The van der Waals surface area contributed by atoms with E-state index < -0.39 is 0 Å². The first-order valence-electron chi connectivity index (χ1n) is 10.1. The van der Waals surface area contributed by atoms with Gasteiger partial charge < -0.3 is 20.5 Å². The van der Waals surface area contributed by atoms with Crippen LogP contribution >= 0.6 is 0 Å². The van der Waals surface area contributed by atoms with Crippen LogP contribution in [0.2, 0.25) is 0 Å². The molecule has 1 aromatic carbocycles. The summed E-state index contributed by atoms with van der Waals surface area (Å²) in [6, 6.07) is 8.29. The van der Waals surface area contributed by atoms with Gasteiger partial charge in [0, 0.05) is 54.8 Å². The number of hydrogen-bond donors (Lipinski definition) is 3. The van der Waals surface area contributed by atoms with E-state index in [0.717, 1.165) is 55.3 Å². The molecule has 0 saturated carbocycles. The van der Waals surface area contributed by atoms with Crippen molar-refractivity contribution < 1.29 is 9.47 Å². The van der Waals surface area contributed by atoms with Crippen molar-refractivity contribution in [3.63, 3.8) is 0 Å². The first kappa shape index (κ1) is 21.7. The van der Waals surface area contributed by atoms with Crippen molar-refractivity contribution in [1.82, 2.24) is 15.2 Å². The van der Waals surface area contributed by atoms with Crippen LogP contribution in [-0.2, 0) is 11.3 Å². The Hall–Kier alpha value is -2.97. The third kappa shape index (κ3) is 5.34. The number of morpholine rings is 1. The molecule has 160 valence electrons. The Bertz CT molecular complexity index is 906. The smallest absolute Gasteiger partial charge is 0.132 e. The minimum absolute atomic E-state index is 0.224. The zero-order chi connectivity index (χ0) is 21.5. The third-order valence-corrected chi connectivity index (χ3v) is 4.99. The molecule has 2 aromatic rings. The van der Waals surface area contributed by atoms with E-state index in [1.807, 2.05) is 26.0 Å². The Kier molecular flexibility index (Phi) is 7.37. The number of nitrogen functional groups attached to an aromatic ring is 1. The SMILES string of the molecule is COc1cc(-c2cnc(N)c(/C(=C/NC(C)C)N=N)c2)ccc1CN1CCOCC1. The number of anilines is 1. The Morgan fingerprint density at radius 3 is 2.77 bits per heavy atom. The van der Waals surface area contributed by atoms with Crippen LogP contribution in [0.4, 0.5) is 5.82 Å². The predicted molar refractivity (Wildman–Crippen MR) is 118 cm³/mol. The molecule has 2 heterocycles. The zero-order valence-corrected chi connectivity index (χ0v) is 17.8. The minimum atomic E-state index is 0.224. The van der Waals surface area contributed by atoms with Gasteiger partial charge in [-0.1, -0.05) is 12.1 Å². The van der Waals surface area contributed by atoms with Gasteiger partial charge in [0.15, 0.2) is 0 Å². The fourth-order valence-corrected chi connectivity index (χ4v) is 3.31. The number of ether oxygens (including phenoxy) is 2. The molecular formula is C22H30N6O2. The highest BCUT2D eigenvalue weighted by Gasteiger charge is 2.15. The molecule has 0 amide bonds. The molecule has 8 heteroatoms. The van der Waals surface area contributed by atoms with Crippen molar-refractivity contribution in [1.29, 1.82) is 5.53 Å². The lowest BCUT2D eigenvalue weighted by atomic mass is 10.0. The van der Waals surface area contributed by atoms with Crippen LogP contribution < -0.4 is 15.8 Å². The highest BCUT2D eigenvalue weighted by Crippen LogP contribution is 2.31. The van der Waals surface area contributed by atoms with E-state index in [4.69, 9.17) is 20.7 Å². The summed E-state index contributed by atoms with van der Waals surface area (Å²) in [5, 5.41) is 6.78. The van der Waals surface area contributed by atoms with Gasteiger partial charge in [-0.05, 0) is 31.5 Å². The maximum Gasteiger partial charge on any atom is 0.132 e. The number of benzene rings is 1. The molecule has 0 atom stereocenters. The highest BCUT2D eigenvalue weighted by atomic mass is 16.5. The molecule has 0 spiro atoms. The van der Waals surface area contributed by atoms with Gasteiger partial charge in [-0.25, -0.2) is 10.5 Å². The lowest BCUT2D eigenvalue weighted by Crippen LogP contribution is -2.35. The zero-order valence-electron chi connectivity index (χ0n) is 17.8. The summed E-state index contributed by atoms with van der Waals surface area (Å²) in [4.78, 5) is 6.69. The average molecular weight is 411 g/mol. The number of nitrogens with two attached hydrogens (primary N) is 1. The molecule has 1 fully saturated rings. The first-order valence-corrected chi connectivity index (χ1v) is 10.1. The van der Waals surface area contributed by atoms with E-state index in [-0.39, 0.29) is 6.04 Å². The van der Waals surface area contributed by atoms with Crippen LogP contribution in [0.5, 0.6) is 5.75 Å². The summed E-state index contributed by atoms with van der Waals surface area (Å²) >= 11 is 0. The Morgan fingerprint density at radius 1 is 1.33 bits per heavy atom. The van der Waals surface area contributed by atoms with Gasteiger partial charge in [0.1, 0.15) is 17.3 Å². The van der Waals surface area contributed by atoms with Crippen molar-refractivity contribution in [2.45, 2.75) is 26.4 Å². The van der Waals surface area contributed by atoms with E-state index in [1.165, 1.54) is 0 Å². The lowest BCUT2D eigenvalue weighted by molar-refractivity contribution is 0.0339. The van der Waals surface area contributed by atoms with Crippen molar-refractivity contribution in [3.05, 3.63) is 47.8 Å². The molecule has 1 saturated heterocycles. The second kappa shape index (κ2) is 10.2. The summed E-state index contributed by atoms with van der Waals surface area (Å²) in [6.45, 7) is 8.23. The number of pyridine rings is 1. The van der Waals surface area contributed by atoms with Crippen molar-refractivity contribution in [3.8, 4) is 16.9 Å². The second-order valence-corrected chi connectivity index (χ2v) is 7.53. The number of nitrogens with zero attached hydrogens (tertiary/aromatic N) is 3. The summed E-state index contributed by atoms with van der Waals surface area (Å²) < 4.78 is 11.1. The molecule has 1 aromatic heterocycles. The Labute approximate surface area is 177 Å². The van der Waals surface area contributed by atoms with Gasteiger partial charge in [0.05, 0.1) is 20.3 Å². The molecule has 30 heavy (non-hydrogen) atoms. The second-order valence-electron chi connectivity index (χ2n) is 7.53. The molecular weight excluding hydrogens is 380 g/mol. The summed E-state index contributed by atoms with van der Waals surface area (Å²) in [6.07, 6.45) is 3.42. The van der Waals surface area contributed by atoms with Crippen LogP contribution in [-0.4, -0.2) is 49.3 Å². The number of aromatic nitrogens is 1. The van der Waals surface area contributed by atoms with Crippen LogP contribution in [0.1, 0.15) is 25.0 Å². The monoisotopic (exact) mass is 410 g/mol. The van der Waals surface area contributed by atoms with E-state index in [1.54, 1.807) is 19.5 Å². The van der Waals surface area contributed by atoms with Crippen LogP contribution in [0.3, 0.4) is 0 Å². The third-order valence-electron chi connectivity index (χ3n) is 4.99. The van der Waals surface area contributed by atoms with Crippen molar-refractivity contribution >= 4 is 11.5 Å². The molecule has 1 aliphatic rings. The number of hydrogen-bond acceptors (Lipinski definition) is 8. The van der Waals surface area contributed by atoms with Gasteiger partial charge in [-0.3, -0.25) is 4.90 Å². The normalized spacial score (nSPS) is 15.3. The van der Waals surface area contributed by atoms with E-state index >= 15 is 0 Å². The first-order chi connectivity index (χ1) is 14.5. The maximum atomic E-state index is 7.53. The summed E-state index contributed by atoms with van der Waals surface area (Å²) in [5.74, 6) is 1.17. The minimum Gasteiger partial charge on any atom is -0.496 e. The Morgan fingerprint density at radius 2 is 2.10 bits per heavy atom. The number of rotatable bonds is 8. The van der Waals surface area contributed by atoms with Crippen molar-refractivity contribution in [2.75, 3.05) is 39.1 Å². The van der Waals surface area contributed by atoms with Gasteiger partial charge in [0.2, 0.25) is 0 Å². The molecule has 0 radical (unpaired) electrons. The highest BCUT2D eigenvalue weighted by molar-refractivity contribution is 5.77. The molecule has 8 nitrogen and oxygen atoms in total. The van der Waals surface area contributed by atoms with Crippen molar-refractivity contribution in [2.24, 2.45) is 5.11 Å². The molecule has 0 unspecified atom stereocenters. The van der Waals surface area contributed by atoms with Gasteiger partial charge in [0.25, 0.3) is 0 Å². The molecule has 3 rings (SSSR count). The summed E-state index contributed by atoms with van der Waals surface area (Å²) in [7, 11) is 1.69. The fraction of sp³-hybridized carbons (Fsp3) is 0.409. The van der Waals surface area contributed by atoms with Gasteiger partial charge in [-0.2, -0.15) is 5.11 Å². The van der Waals surface area contributed by atoms with E-state index in [0.29, 0.717) is 17.1 Å². The number of nitrogens with one attached hydrogen (secondary N) is 2. The van der Waals surface area contributed by atoms with Crippen LogP contribution in [0.15, 0.2) is 41.8 Å². The standard InChI is InChI=1S/C22H30N6O2/c1-15(2)25-13-20(27-24)19-10-18(12-26-22(19)23)16-4-5-17(21(11-16)29-3)14-28-6-8-30-9-7-28/h4-5,10-13,15,24-25H,6-9,14H2,1-3H3,(H2,23,26)/b20-13-,27-24?. The van der Waals surface area contributed by atoms with Gasteiger partial charge >= 0.3 is 0 Å². The molecule has 0 bridgehead atoms. The average Bonchev–Trinajstić information content (AvgIpc) is 2.76. The fourth-order valence-electron chi connectivity index (χ4n) is 3.31.